The molecule has 0 saturated heterocycles. The summed E-state index contributed by atoms with van der Waals surface area (Å²) >= 11 is 0. The fourth-order valence-corrected chi connectivity index (χ4v) is 2.22. The Balaban J connectivity index is 2.51. The van der Waals surface area contributed by atoms with Crippen LogP contribution in [0.15, 0.2) is 12.1 Å². The van der Waals surface area contributed by atoms with Crippen LogP contribution in [0.4, 0.5) is 5.69 Å². The van der Waals surface area contributed by atoms with Gasteiger partial charge in [0.05, 0.1) is 0 Å². The maximum absolute atomic E-state index is 6.28. The highest BCUT2D eigenvalue weighted by Gasteiger charge is 2.36. The standard InChI is InChI=1S/C12H18N2/c1-8-6-9(2)11(13)10(7-8)12(14)4-3-5-12/h6-7H,3-5,13-14H2,1-2H3. The van der Waals surface area contributed by atoms with E-state index in [4.69, 9.17) is 11.5 Å². The van der Waals surface area contributed by atoms with Crippen molar-refractivity contribution in [3.8, 4) is 0 Å². The van der Waals surface area contributed by atoms with Crippen molar-refractivity contribution in [2.24, 2.45) is 5.73 Å². The van der Waals surface area contributed by atoms with E-state index in [0.29, 0.717) is 0 Å². The molecule has 1 fully saturated rings. The van der Waals surface area contributed by atoms with Crippen LogP contribution in [0.1, 0.15) is 36.0 Å². The normalized spacial score (nSPS) is 19.1. The minimum atomic E-state index is -0.138. The average Bonchev–Trinajstić information content (AvgIpc) is 2.07. The molecule has 4 N–H and O–H groups in total. The summed E-state index contributed by atoms with van der Waals surface area (Å²) in [5.74, 6) is 0. The van der Waals surface area contributed by atoms with Gasteiger partial charge in [-0.2, -0.15) is 0 Å². The first-order chi connectivity index (χ1) is 6.53. The zero-order chi connectivity index (χ0) is 10.3. The monoisotopic (exact) mass is 190 g/mol. The van der Waals surface area contributed by atoms with E-state index in [2.05, 4.69) is 19.1 Å². The molecule has 0 bridgehead atoms. The van der Waals surface area contributed by atoms with Crippen molar-refractivity contribution < 1.29 is 0 Å². The van der Waals surface area contributed by atoms with Crippen molar-refractivity contribution in [3.05, 3.63) is 28.8 Å². The van der Waals surface area contributed by atoms with E-state index in [0.717, 1.165) is 29.7 Å². The molecule has 0 radical (unpaired) electrons. The van der Waals surface area contributed by atoms with Gasteiger partial charge in [0.2, 0.25) is 0 Å². The minimum Gasteiger partial charge on any atom is -0.398 e. The van der Waals surface area contributed by atoms with Crippen LogP contribution in [0.3, 0.4) is 0 Å². The summed E-state index contributed by atoms with van der Waals surface area (Å²) < 4.78 is 0. The van der Waals surface area contributed by atoms with Gasteiger partial charge in [0.15, 0.2) is 0 Å². The molecule has 2 nitrogen and oxygen atoms in total. The number of nitrogens with two attached hydrogens (primary N) is 2. The van der Waals surface area contributed by atoms with Crippen LogP contribution < -0.4 is 11.5 Å². The zero-order valence-corrected chi connectivity index (χ0v) is 8.93. The van der Waals surface area contributed by atoms with Gasteiger partial charge in [-0.25, -0.2) is 0 Å². The molecule has 0 aromatic heterocycles. The molecule has 14 heavy (non-hydrogen) atoms. The summed E-state index contributed by atoms with van der Waals surface area (Å²) in [6.45, 7) is 4.14. The third-order valence-electron chi connectivity index (χ3n) is 3.31. The second-order valence-corrected chi connectivity index (χ2v) is 4.55. The van der Waals surface area contributed by atoms with Gasteiger partial charge in [0, 0.05) is 11.2 Å². The largest absolute Gasteiger partial charge is 0.398 e. The van der Waals surface area contributed by atoms with Crippen LogP contribution in [0, 0.1) is 13.8 Å². The van der Waals surface area contributed by atoms with E-state index in [1.54, 1.807) is 0 Å². The molecule has 76 valence electrons. The predicted octanol–water partition coefficient (Wildman–Crippen LogP) is 2.22. The molecule has 2 heteroatoms. The number of aryl methyl sites for hydroxylation is 2. The summed E-state index contributed by atoms with van der Waals surface area (Å²) in [5, 5.41) is 0. The van der Waals surface area contributed by atoms with Crippen molar-refractivity contribution in [3.63, 3.8) is 0 Å². The average molecular weight is 190 g/mol. The first kappa shape index (κ1) is 9.53. The molecule has 0 unspecified atom stereocenters. The van der Waals surface area contributed by atoms with Gasteiger partial charge in [-0.1, -0.05) is 17.7 Å². The molecule has 1 aromatic carbocycles. The lowest BCUT2D eigenvalue weighted by molar-refractivity contribution is 0.254. The zero-order valence-electron chi connectivity index (χ0n) is 8.93. The molecule has 0 atom stereocenters. The van der Waals surface area contributed by atoms with Gasteiger partial charge in [0.25, 0.3) is 0 Å². The van der Waals surface area contributed by atoms with Crippen LogP contribution in [0.5, 0.6) is 0 Å². The Labute approximate surface area is 85.3 Å². The van der Waals surface area contributed by atoms with Crippen LogP contribution in [-0.4, -0.2) is 0 Å². The highest BCUT2D eigenvalue weighted by atomic mass is 14.8. The van der Waals surface area contributed by atoms with E-state index in [9.17, 15) is 0 Å². The lowest BCUT2D eigenvalue weighted by Crippen LogP contribution is -2.44. The van der Waals surface area contributed by atoms with Gasteiger partial charge in [0.1, 0.15) is 0 Å². The predicted molar refractivity (Wildman–Crippen MR) is 60.0 cm³/mol. The van der Waals surface area contributed by atoms with Crippen molar-refractivity contribution in [1.82, 2.24) is 0 Å². The Morgan fingerprint density at radius 3 is 2.36 bits per heavy atom. The Kier molecular flexibility index (Phi) is 2.04. The van der Waals surface area contributed by atoms with Crippen molar-refractivity contribution in [2.75, 3.05) is 5.73 Å². The van der Waals surface area contributed by atoms with E-state index < -0.39 is 0 Å². The van der Waals surface area contributed by atoms with Gasteiger partial charge in [-0.05, 0) is 44.2 Å². The summed E-state index contributed by atoms with van der Waals surface area (Å²) in [5.41, 5.74) is 16.7. The number of benzene rings is 1. The lowest BCUT2D eigenvalue weighted by atomic mass is 9.71. The van der Waals surface area contributed by atoms with Gasteiger partial charge in [-0.3, -0.25) is 0 Å². The first-order valence-electron chi connectivity index (χ1n) is 5.19. The number of rotatable bonds is 1. The summed E-state index contributed by atoms with van der Waals surface area (Å²) in [7, 11) is 0. The first-order valence-corrected chi connectivity index (χ1v) is 5.19. The molecule has 2 rings (SSSR count). The number of hydrogen-bond acceptors (Lipinski definition) is 2. The fraction of sp³-hybridized carbons (Fsp3) is 0.500. The number of nitrogen functional groups attached to an aromatic ring is 1. The van der Waals surface area contributed by atoms with Crippen molar-refractivity contribution in [1.29, 1.82) is 0 Å². The third-order valence-corrected chi connectivity index (χ3v) is 3.31. The van der Waals surface area contributed by atoms with E-state index >= 15 is 0 Å². The second-order valence-electron chi connectivity index (χ2n) is 4.55. The fourth-order valence-electron chi connectivity index (χ4n) is 2.22. The smallest absolute Gasteiger partial charge is 0.0430 e. The Morgan fingerprint density at radius 2 is 1.86 bits per heavy atom. The van der Waals surface area contributed by atoms with Gasteiger partial charge in [-0.15, -0.1) is 0 Å². The van der Waals surface area contributed by atoms with Crippen LogP contribution >= 0.6 is 0 Å². The SMILES string of the molecule is Cc1cc(C)c(N)c(C2(N)CCC2)c1. The molecular weight excluding hydrogens is 172 g/mol. The van der Waals surface area contributed by atoms with E-state index in [-0.39, 0.29) is 5.54 Å². The van der Waals surface area contributed by atoms with E-state index in [1.165, 1.54) is 12.0 Å². The topological polar surface area (TPSA) is 52.0 Å². The molecular formula is C12H18N2. The summed E-state index contributed by atoms with van der Waals surface area (Å²) in [6, 6.07) is 4.25. The van der Waals surface area contributed by atoms with Crippen LogP contribution in [0.2, 0.25) is 0 Å². The van der Waals surface area contributed by atoms with Crippen molar-refractivity contribution >= 4 is 5.69 Å². The van der Waals surface area contributed by atoms with Gasteiger partial charge < -0.3 is 11.5 Å². The Bertz CT molecular complexity index is 365. The molecule has 1 aromatic rings. The third kappa shape index (κ3) is 1.30. The quantitative estimate of drug-likeness (QED) is 0.667. The maximum atomic E-state index is 6.28. The highest BCUT2D eigenvalue weighted by molar-refractivity contribution is 5.58. The number of anilines is 1. The number of hydrogen-bond donors (Lipinski definition) is 2. The Morgan fingerprint density at radius 1 is 1.21 bits per heavy atom. The maximum Gasteiger partial charge on any atom is 0.0430 e. The van der Waals surface area contributed by atoms with E-state index in [1.807, 2.05) is 6.92 Å². The Hall–Kier alpha value is -1.02. The summed E-state index contributed by atoms with van der Waals surface area (Å²) in [4.78, 5) is 0. The molecule has 1 aliphatic carbocycles. The molecule has 0 aliphatic heterocycles. The molecule has 0 amide bonds. The minimum absolute atomic E-state index is 0.138. The summed E-state index contributed by atoms with van der Waals surface area (Å²) in [6.07, 6.45) is 3.36. The molecule has 0 heterocycles. The van der Waals surface area contributed by atoms with Crippen LogP contribution in [-0.2, 0) is 5.54 Å². The van der Waals surface area contributed by atoms with Crippen LogP contribution in [0.25, 0.3) is 0 Å². The molecule has 1 saturated carbocycles. The molecule has 0 spiro atoms. The second kappa shape index (κ2) is 2.99. The lowest BCUT2D eigenvalue weighted by Gasteiger charge is -2.39. The molecule has 1 aliphatic rings. The van der Waals surface area contributed by atoms with Gasteiger partial charge >= 0.3 is 0 Å². The highest BCUT2D eigenvalue weighted by Crippen LogP contribution is 2.42. The van der Waals surface area contributed by atoms with Crippen molar-refractivity contribution in [2.45, 2.75) is 38.6 Å².